The van der Waals surface area contributed by atoms with Gasteiger partial charge in [-0.15, -0.1) is 0 Å². The summed E-state index contributed by atoms with van der Waals surface area (Å²) < 4.78 is 0. The highest BCUT2D eigenvalue weighted by Crippen LogP contribution is 2.40. The molecule has 1 aromatic rings. The number of aliphatic carboxylic acids is 1. The van der Waals surface area contributed by atoms with Gasteiger partial charge in [0.1, 0.15) is 0 Å². The smallest absolute Gasteiger partial charge is 0.303 e. The molecule has 2 rings (SSSR count). The number of carboxylic acids is 1. The van der Waals surface area contributed by atoms with Crippen molar-refractivity contribution in [1.29, 1.82) is 0 Å². The number of carbonyl (C=O) groups is 1. The molecule has 1 unspecified atom stereocenters. The van der Waals surface area contributed by atoms with Crippen LogP contribution in [-0.4, -0.2) is 17.6 Å². The van der Waals surface area contributed by atoms with Crippen molar-refractivity contribution in [2.45, 2.75) is 18.8 Å². The Kier molecular flexibility index (Phi) is 3.26. The molecule has 0 aromatic heterocycles. The van der Waals surface area contributed by atoms with Gasteiger partial charge in [0.25, 0.3) is 0 Å². The van der Waals surface area contributed by atoms with Crippen LogP contribution in [0.2, 0.25) is 10.0 Å². The minimum Gasteiger partial charge on any atom is -0.481 e. The van der Waals surface area contributed by atoms with Gasteiger partial charge < -0.3 is 10.4 Å². The molecule has 0 saturated heterocycles. The molecule has 2 N–H and O–H groups in total. The molecule has 16 heavy (non-hydrogen) atoms. The van der Waals surface area contributed by atoms with Crippen LogP contribution in [0, 0.1) is 0 Å². The Hall–Kier alpha value is -0.930. The molecule has 1 atom stereocenters. The number of rotatable bonds is 2. The number of carboxylic acid groups (broad SMARTS) is 1. The van der Waals surface area contributed by atoms with Crippen molar-refractivity contribution < 1.29 is 9.90 Å². The van der Waals surface area contributed by atoms with Crippen molar-refractivity contribution in [3.63, 3.8) is 0 Å². The zero-order valence-corrected chi connectivity index (χ0v) is 9.98. The Bertz CT molecular complexity index is 434. The molecule has 0 saturated carbocycles. The summed E-state index contributed by atoms with van der Waals surface area (Å²) in [4.78, 5) is 10.8. The quantitative estimate of drug-likeness (QED) is 0.857. The van der Waals surface area contributed by atoms with Crippen molar-refractivity contribution in [2.24, 2.45) is 0 Å². The average molecular weight is 260 g/mol. The van der Waals surface area contributed by atoms with Gasteiger partial charge in [-0.3, -0.25) is 4.79 Å². The van der Waals surface area contributed by atoms with E-state index >= 15 is 0 Å². The standard InChI is InChI=1S/C11H11Cl2NO2/c12-7-4-8(13)11-6(3-10(15)16)1-2-14-9(11)5-7/h4-6,14H,1-3H2,(H,15,16). The van der Waals surface area contributed by atoms with Crippen molar-refractivity contribution in [3.8, 4) is 0 Å². The zero-order chi connectivity index (χ0) is 11.7. The summed E-state index contributed by atoms with van der Waals surface area (Å²) >= 11 is 12.0. The van der Waals surface area contributed by atoms with E-state index in [9.17, 15) is 4.79 Å². The second-order valence-electron chi connectivity index (χ2n) is 3.86. The van der Waals surface area contributed by atoms with Crippen molar-refractivity contribution in [2.75, 3.05) is 11.9 Å². The first kappa shape index (κ1) is 11.6. The summed E-state index contributed by atoms with van der Waals surface area (Å²) in [6.07, 6.45) is 0.886. The number of fused-ring (bicyclic) bond motifs is 1. The Morgan fingerprint density at radius 2 is 2.25 bits per heavy atom. The lowest BCUT2D eigenvalue weighted by Crippen LogP contribution is -2.19. The first-order chi connectivity index (χ1) is 7.58. The van der Waals surface area contributed by atoms with Gasteiger partial charge in [0, 0.05) is 22.3 Å². The van der Waals surface area contributed by atoms with E-state index in [1.807, 2.05) is 0 Å². The topological polar surface area (TPSA) is 49.3 Å². The summed E-state index contributed by atoms with van der Waals surface area (Å²) in [5, 5.41) is 13.1. The molecule has 5 heteroatoms. The van der Waals surface area contributed by atoms with E-state index in [2.05, 4.69) is 5.32 Å². The maximum atomic E-state index is 10.8. The van der Waals surface area contributed by atoms with Crippen LogP contribution in [0.15, 0.2) is 12.1 Å². The first-order valence-electron chi connectivity index (χ1n) is 5.02. The molecule has 0 spiro atoms. The van der Waals surface area contributed by atoms with Gasteiger partial charge in [-0.1, -0.05) is 23.2 Å². The molecule has 0 aliphatic carbocycles. The van der Waals surface area contributed by atoms with Gasteiger partial charge in [-0.25, -0.2) is 0 Å². The minimum absolute atomic E-state index is 0.0292. The highest BCUT2D eigenvalue weighted by molar-refractivity contribution is 6.35. The lowest BCUT2D eigenvalue weighted by Gasteiger charge is -2.26. The van der Waals surface area contributed by atoms with Gasteiger partial charge in [0.05, 0.1) is 6.42 Å². The number of hydrogen-bond donors (Lipinski definition) is 2. The second-order valence-corrected chi connectivity index (χ2v) is 4.70. The van der Waals surface area contributed by atoms with Gasteiger partial charge in [0.15, 0.2) is 0 Å². The van der Waals surface area contributed by atoms with Crippen molar-refractivity contribution in [1.82, 2.24) is 0 Å². The molecular formula is C11H11Cl2NO2. The number of halogens is 2. The maximum Gasteiger partial charge on any atom is 0.303 e. The largest absolute Gasteiger partial charge is 0.481 e. The highest BCUT2D eigenvalue weighted by atomic mass is 35.5. The van der Waals surface area contributed by atoms with Crippen LogP contribution in [0.4, 0.5) is 5.69 Å². The lowest BCUT2D eigenvalue weighted by atomic mass is 9.88. The summed E-state index contributed by atoms with van der Waals surface area (Å²) in [7, 11) is 0. The molecule has 1 aliphatic heterocycles. The van der Waals surface area contributed by atoms with E-state index in [1.165, 1.54) is 0 Å². The van der Waals surface area contributed by atoms with Gasteiger partial charge in [-0.05, 0) is 30.0 Å². The normalized spacial score (nSPS) is 18.8. The minimum atomic E-state index is -0.802. The van der Waals surface area contributed by atoms with E-state index in [4.69, 9.17) is 28.3 Å². The van der Waals surface area contributed by atoms with Crippen LogP contribution in [-0.2, 0) is 4.79 Å². The molecule has 0 bridgehead atoms. The van der Waals surface area contributed by atoms with Crippen molar-refractivity contribution >= 4 is 34.9 Å². The molecule has 1 heterocycles. The van der Waals surface area contributed by atoms with E-state index < -0.39 is 5.97 Å². The van der Waals surface area contributed by atoms with E-state index in [-0.39, 0.29) is 12.3 Å². The zero-order valence-electron chi connectivity index (χ0n) is 8.46. The molecule has 0 amide bonds. The van der Waals surface area contributed by atoms with Gasteiger partial charge in [0.2, 0.25) is 0 Å². The predicted octanol–water partition coefficient (Wildman–Crippen LogP) is 3.37. The third-order valence-corrected chi connectivity index (χ3v) is 3.26. The molecule has 1 aliphatic rings. The highest BCUT2D eigenvalue weighted by Gasteiger charge is 2.25. The van der Waals surface area contributed by atoms with Crippen molar-refractivity contribution in [3.05, 3.63) is 27.7 Å². The monoisotopic (exact) mass is 259 g/mol. The predicted molar refractivity (Wildman–Crippen MR) is 64.6 cm³/mol. The van der Waals surface area contributed by atoms with E-state index in [0.717, 1.165) is 24.2 Å². The van der Waals surface area contributed by atoms with Crippen LogP contribution in [0.5, 0.6) is 0 Å². The molecule has 3 nitrogen and oxygen atoms in total. The fourth-order valence-corrected chi connectivity index (χ4v) is 2.73. The fraction of sp³-hybridized carbons (Fsp3) is 0.364. The fourth-order valence-electron chi connectivity index (χ4n) is 2.09. The molecule has 1 aromatic carbocycles. The summed E-state index contributed by atoms with van der Waals surface area (Å²) in [5.41, 5.74) is 1.73. The van der Waals surface area contributed by atoms with E-state index in [1.54, 1.807) is 12.1 Å². The third kappa shape index (κ3) is 2.25. The van der Waals surface area contributed by atoms with Crippen LogP contribution >= 0.6 is 23.2 Å². The van der Waals surface area contributed by atoms with Gasteiger partial charge >= 0.3 is 5.97 Å². The molecule has 86 valence electrons. The molecular weight excluding hydrogens is 249 g/mol. The second kappa shape index (κ2) is 4.52. The molecule has 0 fully saturated rings. The Morgan fingerprint density at radius 3 is 2.94 bits per heavy atom. The van der Waals surface area contributed by atoms with E-state index in [0.29, 0.717) is 10.0 Å². The summed E-state index contributed by atoms with van der Waals surface area (Å²) in [6, 6.07) is 3.45. The number of nitrogens with one attached hydrogen (secondary N) is 1. The number of benzene rings is 1. The first-order valence-corrected chi connectivity index (χ1v) is 5.78. The summed E-state index contributed by atoms with van der Waals surface area (Å²) in [5.74, 6) is -0.831. The SMILES string of the molecule is O=C(O)CC1CCNc2cc(Cl)cc(Cl)c21. The Labute approximate surface area is 103 Å². The van der Waals surface area contributed by atoms with Crippen LogP contribution < -0.4 is 5.32 Å². The van der Waals surface area contributed by atoms with Crippen LogP contribution in [0.25, 0.3) is 0 Å². The summed E-state index contributed by atoms with van der Waals surface area (Å²) in [6.45, 7) is 0.752. The Morgan fingerprint density at radius 1 is 1.50 bits per heavy atom. The van der Waals surface area contributed by atoms with Crippen LogP contribution in [0.1, 0.15) is 24.3 Å². The molecule has 0 radical (unpaired) electrons. The van der Waals surface area contributed by atoms with Gasteiger partial charge in [-0.2, -0.15) is 0 Å². The Balaban J connectivity index is 2.41. The third-order valence-electron chi connectivity index (χ3n) is 2.73. The lowest BCUT2D eigenvalue weighted by molar-refractivity contribution is -0.137. The number of hydrogen-bond acceptors (Lipinski definition) is 2. The average Bonchev–Trinajstić information content (AvgIpc) is 2.15. The maximum absolute atomic E-state index is 10.8. The number of anilines is 1. The van der Waals surface area contributed by atoms with Crippen LogP contribution in [0.3, 0.4) is 0 Å².